The Hall–Kier alpha value is -6.84. The third-order valence-corrected chi connectivity index (χ3v) is 10.5. The Morgan fingerprint density at radius 3 is 1.41 bits per heavy atom. The molecule has 0 aliphatic carbocycles. The maximum absolute atomic E-state index is 6.48. The van der Waals surface area contributed by atoms with Crippen LogP contribution in [0.25, 0.3) is 88.4 Å². The summed E-state index contributed by atoms with van der Waals surface area (Å²) >= 11 is 0. The van der Waals surface area contributed by atoms with Crippen molar-refractivity contribution in [2.75, 3.05) is 0 Å². The third-order valence-electron chi connectivity index (χ3n) is 10.5. The van der Waals surface area contributed by atoms with Crippen LogP contribution in [0.5, 0.6) is 11.5 Å². The van der Waals surface area contributed by atoms with Crippen LogP contribution in [0.1, 0.15) is 0 Å². The van der Waals surface area contributed by atoms with Crippen molar-refractivity contribution in [1.29, 1.82) is 0 Å². The van der Waals surface area contributed by atoms with Crippen molar-refractivity contribution >= 4 is 43.6 Å². The normalized spacial score (nSPS) is 12.1. The van der Waals surface area contributed by atoms with Gasteiger partial charge in [0.05, 0.1) is 22.1 Å². The van der Waals surface area contributed by atoms with Crippen LogP contribution < -0.4 is 4.74 Å². The van der Waals surface area contributed by atoms with Gasteiger partial charge in [0.1, 0.15) is 11.5 Å². The van der Waals surface area contributed by atoms with E-state index in [2.05, 4.69) is 179 Å². The molecule has 1 aliphatic rings. The monoisotopic (exact) mass is 650 g/mol. The maximum atomic E-state index is 6.48. The molecule has 10 aromatic rings. The molecule has 0 N–H and O–H groups in total. The Morgan fingerprint density at radius 1 is 0.294 bits per heavy atom. The lowest BCUT2D eigenvalue weighted by atomic mass is 9.94. The fraction of sp³-hybridized carbons (Fsp3) is 0. The minimum Gasteiger partial charge on any atom is -0.456 e. The second kappa shape index (κ2) is 10.8. The quantitative estimate of drug-likeness (QED) is 0.186. The summed E-state index contributed by atoms with van der Waals surface area (Å²) in [4.78, 5) is 0. The summed E-state index contributed by atoms with van der Waals surface area (Å²) < 4.78 is 11.3. The molecule has 0 bridgehead atoms. The number of aromatic nitrogens is 2. The number of ether oxygens (including phenoxy) is 1. The zero-order valence-electron chi connectivity index (χ0n) is 27.6. The van der Waals surface area contributed by atoms with Gasteiger partial charge in [-0.1, -0.05) is 109 Å². The van der Waals surface area contributed by atoms with E-state index in [1.807, 2.05) is 12.1 Å². The van der Waals surface area contributed by atoms with Crippen molar-refractivity contribution in [1.82, 2.24) is 9.13 Å². The largest absolute Gasteiger partial charge is 0.456 e. The van der Waals surface area contributed by atoms with Crippen LogP contribution >= 0.6 is 0 Å². The van der Waals surface area contributed by atoms with Gasteiger partial charge in [-0.3, -0.25) is 0 Å². The van der Waals surface area contributed by atoms with Crippen LogP contribution in [0.2, 0.25) is 0 Å². The lowest BCUT2D eigenvalue weighted by Gasteiger charge is -2.14. The van der Waals surface area contributed by atoms with Crippen molar-refractivity contribution in [2.45, 2.75) is 0 Å². The second-order valence-electron chi connectivity index (χ2n) is 13.3. The van der Waals surface area contributed by atoms with Gasteiger partial charge >= 0.3 is 0 Å². The van der Waals surface area contributed by atoms with Gasteiger partial charge in [0.15, 0.2) is 0 Å². The highest BCUT2D eigenvalue weighted by Gasteiger charge is 2.22. The van der Waals surface area contributed by atoms with E-state index in [-0.39, 0.29) is 0 Å². The molecule has 0 amide bonds. The van der Waals surface area contributed by atoms with Crippen molar-refractivity contribution in [3.8, 4) is 56.3 Å². The van der Waals surface area contributed by atoms with E-state index in [1.165, 1.54) is 71.6 Å². The minimum absolute atomic E-state index is 0.872. The van der Waals surface area contributed by atoms with Crippen LogP contribution in [-0.4, -0.2) is 9.13 Å². The summed E-state index contributed by atoms with van der Waals surface area (Å²) in [6.45, 7) is 0. The zero-order valence-corrected chi connectivity index (χ0v) is 27.6. The van der Waals surface area contributed by atoms with E-state index in [0.29, 0.717) is 0 Å². The highest BCUT2D eigenvalue weighted by Crippen LogP contribution is 2.47. The van der Waals surface area contributed by atoms with Gasteiger partial charge in [-0.2, -0.15) is 0 Å². The molecular weight excluding hydrogens is 621 g/mol. The van der Waals surface area contributed by atoms with Crippen molar-refractivity contribution in [2.24, 2.45) is 0 Å². The van der Waals surface area contributed by atoms with E-state index >= 15 is 0 Å². The molecule has 0 radical (unpaired) electrons. The van der Waals surface area contributed by atoms with E-state index in [1.54, 1.807) is 0 Å². The minimum atomic E-state index is 0.872. The summed E-state index contributed by atoms with van der Waals surface area (Å²) in [7, 11) is 0. The van der Waals surface area contributed by atoms with E-state index < -0.39 is 0 Å². The van der Waals surface area contributed by atoms with Gasteiger partial charge in [-0.15, -0.1) is 0 Å². The summed E-state index contributed by atoms with van der Waals surface area (Å²) in [5.41, 5.74) is 14.0. The van der Waals surface area contributed by atoms with Gasteiger partial charge in [-0.25, -0.2) is 0 Å². The second-order valence-corrected chi connectivity index (χ2v) is 13.3. The zero-order chi connectivity index (χ0) is 33.5. The number of hydrogen-bond acceptors (Lipinski definition) is 1. The molecule has 0 spiro atoms. The molecule has 0 fully saturated rings. The van der Waals surface area contributed by atoms with Crippen LogP contribution in [-0.2, 0) is 0 Å². The molecule has 3 nitrogen and oxygen atoms in total. The molecule has 0 unspecified atom stereocenters. The van der Waals surface area contributed by atoms with E-state index in [9.17, 15) is 0 Å². The predicted octanol–water partition coefficient (Wildman–Crippen LogP) is 13.0. The summed E-state index contributed by atoms with van der Waals surface area (Å²) in [6.07, 6.45) is 0. The number of rotatable bonds is 3. The SMILES string of the molecule is c1ccc(-n2c3ccccc3c3cc(-c4ccc5c(c4)c4ccccc4n5-c4ccc5c(c4)-c4ccccc4Oc4ccccc4-5)ccc32)cc1. The Morgan fingerprint density at radius 2 is 0.784 bits per heavy atom. The molecule has 11 rings (SSSR count). The first-order chi connectivity index (χ1) is 25.3. The number of benzene rings is 8. The summed E-state index contributed by atoms with van der Waals surface area (Å²) in [5.74, 6) is 1.75. The molecular formula is C48H30N2O. The fourth-order valence-corrected chi connectivity index (χ4v) is 8.24. The number of hydrogen-bond donors (Lipinski definition) is 0. The van der Waals surface area contributed by atoms with Gasteiger partial charge < -0.3 is 13.9 Å². The van der Waals surface area contributed by atoms with Crippen LogP contribution in [0.3, 0.4) is 0 Å². The summed E-state index contributed by atoms with van der Waals surface area (Å²) in [5, 5.41) is 4.98. The van der Waals surface area contributed by atoms with Gasteiger partial charge in [0, 0.05) is 44.0 Å². The lowest BCUT2D eigenvalue weighted by molar-refractivity contribution is 0.488. The first-order valence-electron chi connectivity index (χ1n) is 17.4. The van der Waals surface area contributed by atoms with Gasteiger partial charge in [0.25, 0.3) is 0 Å². The molecule has 8 aromatic carbocycles. The van der Waals surface area contributed by atoms with Crippen molar-refractivity contribution in [3.05, 3.63) is 182 Å². The Kier molecular flexibility index (Phi) is 5.96. The summed E-state index contributed by atoms with van der Waals surface area (Å²) in [6, 6.07) is 65.5. The highest BCUT2D eigenvalue weighted by molar-refractivity contribution is 6.13. The van der Waals surface area contributed by atoms with Crippen LogP contribution in [0.15, 0.2) is 182 Å². The molecule has 51 heavy (non-hydrogen) atoms. The number of fused-ring (bicyclic) bond motifs is 11. The fourth-order valence-electron chi connectivity index (χ4n) is 8.24. The van der Waals surface area contributed by atoms with Crippen molar-refractivity contribution < 1.29 is 4.74 Å². The van der Waals surface area contributed by atoms with Crippen LogP contribution in [0, 0.1) is 0 Å². The average molecular weight is 651 g/mol. The van der Waals surface area contributed by atoms with Gasteiger partial charge in [0.2, 0.25) is 0 Å². The molecule has 1 aliphatic heterocycles. The predicted molar refractivity (Wildman–Crippen MR) is 212 cm³/mol. The van der Waals surface area contributed by atoms with Crippen molar-refractivity contribution in [3.63, 3.8) is 0 Å². The Balaban J connectivity index is 1.10. The molecule has 0 saturated heterocycles. The van der Waals surface area contributed by atoms with Gasteiger partial charge in [-0.05, 0) is 95.1 Å². The number of para-hydroxylation sites is 5. The molecule has 3 heterocycles. The molecule has 238 valence electrons. The molecule has 2 aromatic heterocycles. The maximum Gasteiger partial charge on any atom is 0.135 e. The molecule has 3 heteroatoms. The average Bonchev–Trinajstić information content (AvgIpc) is 3.66. The Bertz CT molecular complexity index is 3000. The molecule has 0 atom stereocenters. The topological polar surface area (TPSA) is 19.1 Å². The first-order valence-corrected chi connectivity index (χ1v) is 17.4. The standard InChI is InChI=1S/C48H30N2O/c1-2-12-33(13-3-1)49-43-18-8-4-14-36(43)41-28-31(22-26-45(41)49)32-23-27-46-42(29-32)37-15-5-9-19-44(37)50(46)34-24-25-35-38-16-6-10-20-47(38)51-48-21-11-7-17-39(48)40(35)30-34/h1-30H. The highest BCUT2D eigenvalue weighted by atomic mass is 16.5. The van der Waals surface area contributed by atoms with E-state index in [0.717, 1.165) is 28.3 Å². The first kappa shape index (κ1) is 28.0. The smallest absolute Gasteiger partial charge is 0.135 e. The lowest BCUT2D eigenvalue weighted by Crippen LogP contribution is -1.95. The van der Waals surface area contributed by atoms with E-state index in [4.69, 9.17) is 4.74 Å². The Labute approximate surface area is 294 Å². The third kappa shape index (κ3) is 4.19. The molecule has 0 saturated carbocycles. The number of nitrogens with zero attached hydrogens (tertiary/aromatic N) is 2. The van der Waals surface area contributed by atoms with Crippen LogP contribution in [0.4, 0.5) is 0 Å².